The van der Waals surface area contributed by atoms with Crippen LogP contribution in [0.3, 0.4) is 0 Å². The second-order valence-corrected chi connectivity index (χ2v) is 5.60. The molecule has 1 unspecified atom stereocenters. The molecule has 0 radical (unpaired) electrons. The molecular formula is C17H19N3O3. The first kappa shape index (κ1) is 15.4. The van der Waals surface area contributed by atoms with Gasteiger partial charge in [-0.05, 0) is 31.0 Å². The summed E-state index contributed by atoms with van der Waals surface area (Å²) in [4.78, 5) is 23.5. The van der Waals surface area contributed by atoms with Gasteiger partial charge in [0.25, 0.3) is 11.5 Å². The minimum absolute atomic E-state index is 0.111. The lowest BCUT2D eigenvalue weighted by molar-refractivity contribution is 0.0858. The molecule has 120 valence electrons. The lowest BCUT2D eigenvalue weighted by Gasteiger charge is -2.11. The van der Waals surface area contributed by atoms with Gasteiger partial charge in [-0.25, -0.2) is 4.68 Å². The highest BCUT2D eigenvalue weighted by Gasteiger charge is 2.16. The Morgan fingerprint density at radius 1 is 1.30 bits per heavy atom. The lowest BCUT2D eigenvalue weighted by atomic mass is 10.1. The standard InChI is InChI=1S/C17H19N3O3/c1-20-16(21)9-8-15(19-20)12-4-6-13(7-5-12)17(22)18-11-14-3-2-10-23-14/h4-9,14H,2-3,10-11H2,1H3,(H,18,22). The van der Waals surface area contributed by atoms with Gasteiger partial charge in [-0.3, -0.25) is 9.59 Å². The van der Waals surface area contributed by atoms with Gasteiger partial charge in [-0.2, -0.15) is 5.10 Å². The number of nitrogens with zero attached hydrogens (tertiary/aromatic N) is 2. The molecule has 0 saturated carbocycles. The van der Waals surface area contributed by atoms with Crippen molar-refractivity contribution in [3.05, 3.63) is 52.3 Å². The Hall–Kier alpha value is -2.47. The summed E-state index contributed by atoms with van der Waals surface area (Å²) >= 11 is 0. The third kappa shape index (κ3) is 3.65. The van der Waals surface area contributed by atoms with Crippen LogP contribution < -0.4 is 10.9 Å². The molecule has 1 atom stereocenters. The fraction of sp³-hybridized carbons (Fsp3) is 0.353. The van der Waals surface area contributed by atoms with Gasteiger partial charge in [0.1, 0.15) is 0 Å². The van der Waals surface area contributed by atoms with Crippen molar-refractivity contribution in [1.29, 1.82) is 0 Å². The van der Waals surface area contributed by atoms with Crippen molar-refractivity contribution in [2.45, 2.75) is 18.9 Å². The van der Waals surface area contributed by atoms with Crippen LogP contribution in [-0.2, 0) is 11.8 Å². The fourth-order valence-electron chi connectivity index (χ4n) is 2.56. The number of ether oxygens (including phenoxy) is 1. The number of nitrogens with one attached hydrogen (secondary N) is 1. The van der Waals surface area contributed by atoms with Crippen molar-refractivity contribution >= 4 is 5.91 Å². The maximum Gasteiger partial charge on any atom is 0.266 e. The monoisotopic (exact) mass is 313 g/mol. The number of carbonyl (C=O) groups is 1. The minimum Gasteiger partial charge on any atom is -0.376 e. The average molecular weight is 313 g/mol. The summed E-state index contributed by atoms with van der Waals surface area (Å²) in [7, 11) is 1.61. The van der Waals surface area contributed by atoms with Gasteiger partial charge in [-0.1, -0.05) is 12.1 Å². The quantitative estimate of drug-likeness (QED) is 0.925. The van der Waals surface area contributed by atoms with E-state index in [2.05, 4.69) is 10.4 Å². The molecule has 1 aromatic heterocycles. The van der Waals surface area contributed by atoms with Crippen LogP contribution in [0.15, 0.2) is 41.2 Å². The number of rotatable bonds is 4. The molecule has 1 N–H and O–H groups in total. The van der Waals surface area contributed by atoms with Gasteiger partial charge in [0, 0.05) is 37.4 Å². The van der Waals surface area contributed by atoms with E-state index < -0.39 is 0 Å². The van der Waals surface area contributed by atoms with E-state index >= 15 is 0 Å². The van der Waals surface area contributed by atoms with Gasteiger partial charge in [0.2, 0.25) is 0 Å². The number of amides is 1. The zero-order chi connectivity index (χ0) is 16.2. The molecule has 2 heterocycles. The van der Waals surface area contributed by atoms with Gasteiger partial charge < -0.3 is 10.1 Å². The summed E-state index contributed by atoms with van der Waals surface area (Å²) in [6.45, 7) is 1.32. The third-order valence-corrected chi connectivity index (χ3v) is 3.92. The molecule has 0 spiro atoms. The molecule has 6 heteroatoms. The summed E-state index contributed by atoms with van der Waals surface area (Å²) in [6, 6.07) is 10.3. The van der Waals surface area contributed by atoms with E-state index in [4.69, 9.17) is 4.74 Å². The number of aromatic nitrogens is 2. The van der Waals surface area contributed by atoms with E-state index in [-0.39, 0.29) is 17.6 Å². The molecule has 1 saturated heterocycles. The van der Waals surface area contributed by atoms with E-state index in [1.807, 2.05) is 12.1 Å². The number of hydrogen-bond donors (Lipinski definition) is 1. The van der Waals surface area contributed by atoms with Crippen LogP contribution in [-0.4, -0.2) is 34.9 Å². The molecule has 1 fully saturated rings. The van der Waals surface area contributed by atoms with Crippen molar-refractivity contribution in [3.63, 3.8) is 0 Å². The van der Waals surface area contributed by atoms with E-state index in [1.165, 1.54) is 10.7 Å². The Morgan fingerprint density at radius 3 is 2.74 bits per heavy atom. The number of hydrogen-bond acceptors (Lipinski definition) is 4. The van der Waals surface area contributed by atoms with Crippen molar-refractivity contribution in [1.82, 2.24) is 15.1 Å². The molecule has 2 aromatic rings. The highest BCUT2D eigenvalue weighted by molar-refractivity contribution is 5.94. The van der Waals surface area contributed by atoms with Crippen LogP contribution >= 0.6 is 0 Å². The fourth-order valence-corrected chi connectivity index (χ4v) is 2.56. The van der Waals surface area contributed by atoms with Gasteiger partial charge in [0.05, 0.1) is 11.8 Å². The largest absolute Gasteiger partial charge is 0.376 e. The predicted molar refractivity (Wildman–Crippen MR) is 86.2 cm³/mol. The zero-order valence-electron chi connectivity index (χ0n) is 13.0. The van der Waals surface area contributed by atoms with Crippen LogP contribution in [0.2, 0.25) is 0 Å². The van der Waals surface area contributed by atoms with Crippen LogP contribution in [0.5, 0.6) is 0 Å². The SMILES string of the molecule is Cn1nc(-c2ccc(C(=O)NCC3CCCO3)cc2)ccc1=O. The van der Waals surface area contributed by atoms with Crippen LogP contribution in [0.1, 0.15) is 23.2 Å². The molecule has 0 aliphatic carbocycles. The Morgan fingerprint density at radius 2 is 2.09 bits per heavy atom. The average Bonchev–Trinajstić information content (AvgIpc) is 3.09. The van der Waals surface area contributed by atoms with Crippen molar-refractivity contribution in [3.8, 4) is 11.3 Å². The normalized spacial score (nSPS) is 17.2. The van der Waals surface area contributed by atoms with Gasteiger partial charge >= 0.3 is 0 Å². The molecule has 23 heavy (non-hydrogen) atoms. The maximum atomic E-state index is 12.1. The Labute approximate surface area is 134 Å². The topological polar surface area (TPSA) is 73.2 Å². The van der Waals surface area contributed by atoms with E-state index in [1.54, 1.807) is 25.2 Å². The number of benzene rings is 1. The molecule has 3 rings (SSSR count). The zero-order valence-corrected chi connectivity index (χ0v) is 13.0. The smallest absolute Gasteiger partial charge is 0.266 e. The first-order valence-corrected chi connectivity index (χ1v) is 7.68. The Kier molecular flexibility index (Phi) is 4.52. The number of carbonyl (C=O) groups excluding carboxylic acids is 1. The third-order valence-electron chi connectivity index (χ3n) is 3.92. The van der Waals surface area contributed by atoms with Gasteiger partial charge in [0.15, 0.2) is 0 Å². The second kappa shape index (κ2) is 6.75. The van der Waals surface area contributed by atoms with Crippen molar-refractivity contribution < 1.29 is 9.53 Å². The summed E-state index contributed by atoms with van der Waals surface area (Å²) in [5.74, 6) is -0.111. The van der Waals surface area contributed by atoms with E-state index in [0.29, 0.717) is 17.8 Å². The molecule has 1 aliphatic rings. The van der Waals surface area contributed by atoms with Crippen LogP contribution in [0.25, 0.3) is 11.3 Å². The second-order valence-electron chi connectivity index (χ2n) is 5.60. The summed E-state index contributed by atoms with van der Waals surface area (Å²) in [6.07, 6.45) is 2.19. The molecular weight excluding hydrogens is 294 g/mol. The molecule has 0 bridgehead atoms. The summed E-state index contributed by atoms with van der Waals surface area (Å²) < 4.78 is 6.78. The van der Waals surface area contributed by atoms with E-state index in [0.717, 1.165) is 25.0 Å². The van der Waals surface area contributed by atoms with Crippen LogP contribution in [0, 0.1) is 0 Å². The van der Waals surface area contributed by atoms with Crippen molar-refractivity contribution in [2.24, 2.45) is 7.05 Å². The van der Waals surface area contributed by atoms with Crippen molar-refractivity contribution in [2.75, 3.05) is 13.2 Å². The van der Waals surface area contributed by atoms with Crippen LogP contribution in [0.4, 0.5) is 0 Å². The summed E-state index contributed by atoms with van der Waals surface area (Å²) in [5, 5.41) is 7.08. The maximum absolute atomic E-state index is 12.1. The molecule has 1 aliphatic heterocycles. The predicted octanol–water partition coefficient (Wildman–Crippen LogP) is 1.36. The number of aryl methyl sites for hydroxylation is 1. The van der Waals surface area contributed by atoms with E-state index in [9.17, 15) is 9.59 Å². The Balaban J connectivity index is 1.67. The lowest BCUT2D eigenvalue weighted by Crippen LogP contribution is -2.31. The first-order valence-electron chi connectivity index (χ1n) is 7.68. The molecule has 1 aromatic carbocycles. The molecule has 6 nitrogen and oxygen atoms in total. The van der Waals surface area contributed by atoms with Gasteiger partial charge in [-0.15, -0.1) is 0 Å². The Bertz CT molecular complexity index is 746. The highest BCUT2D eigenvalue weighted by Crippen LogP contribution is 2.16. The summed E-state index contributed by atoms with van der Waals surface area (Å²) in [5.41, 5.74) is 1.99. The minimum atomic E-state index is -0.154. The first-order chi connectivity index (χ1) is 11.1. The highest BCUT2D eigenvalue weighted by atomic mass is 16.5. The molecule has 1 amide bonds.